The summed E-state index contributed by atoms with van der Waals surface area (Å²) >= 11 is 1.72. The van der Waals surface area contributed by atoms with Crippen molar-refractivity contribution in [3.8, 4) is 0 Å². The highest BCUT2D eigenvalue weighted by Gasteiger charge is 2.37. The standard InChI is InChI=1S/C19H28N2OS/c1-18(2)12-15(13-19(3,4)21-18)20-17(22)11-8-14-6-9-16(23-5)10-7-14/h6-11,15,21H,12-13H2,1-5H3,(H,20,22). The van der Waals surface area contributed by atoms with E-state index < -0.39 is 0 Å². The van der Waals surface area contributed by atoms with Gasteiger partial charge in [0.15, 0.2) is 0 Å². The van der Waals surface area contributed by atoms with Crippen molar-refractivity contribution in [2.24, 2.45) is 0 Å². The van der Waals surface area contributed by atoms with Crippen LogP contribution in [0, 0.1) is 0 Å². The molecule has 23 heavy (non-hydrogen) atoms. The third kappa shape index (κ3) is 5.70. The lowest BCUT2D eigenvalue weighted by atomic mass is 9.79. The van der Waals surface area contributed by atoms with Gasteiger partial charge in [0.2, 0.25) is 5.91 Å². The van der Waals surface area contributed by atoms with Gasteiger partial charge in [0, 0.05) is 28.1 Å². The molecule has 0 spiro atoms. The summed E-state index contributed by atoms with van der Waals surface area (Å²) in [4.78, 5) is 13.4. The Labute approximate surface area is 144 Å². The van der Waals surface area contributed by atoms with Crippen LogP contribution in [0.5, 0.6) is 0 Å². The second-order valence-corrected chi connectivity index (χ2v) is 8.49. The van der Waals surface area contributed by atoms with E-state index in [4.69, 9.17) is 0 Å². The van der Waals surface area contributed by atoms with Crippen molar-refractivity contribution >= 4 is 23.7 Å². The Kier molecular flexibility index (Phi) is 5.58. The lowest BCUT2D eigenvalue weighted by Gasteiger charge is -2.46. The van der Waals surface area contributed by atoms with E-state index in [1.165, 1.54) is 4.90 Å². The lowest BCUT2D eigenvalue weighted by molar-refractivity contribution is -0.117. The number of nitrogens with one attached hydrogen (secondary N) is 2. The van der Waals surface area contributed by atoms with Gasteiger partial charge in [0.25, 0.3) is 0 Å². The molecule has 1 heterocycles. The van der Waals surface area contributed by atoms with Crippen LogP contribution in [-0.4, -0.2) is 29.3 Å². The molecule has 2 rings (SSSR count). The minimum Gasteiger partial charge on any atom is -0.350 e. The third-order valence-corrected chi connectivity index (χ3v) is 4.82. The molecular weight excluding hydrogens is 304 g/mol. The van der Waals surface area contributed by atoms with Gasteiger partial charge in [-0.3, -0.25) is 4.79 Å². The summed E-state index contributed by atoms with van der Waals surface area (Å²) in [6.45, 7) is 8.76. The minimum absolute atomic E-state index is 0.0163. The van der Waals surface area contributed by atoms with Gasteiger partial charge >= 0.3 is 0 Å². The molecule has 0 aliphatic carbocycles. The summed E-state index contributed by atoms with van der Waals surface area (Å²) in [5.41, 5.74) is 1.12. The molecule has 1 aromatic rings. The molecule has 2 N–H and O–H groups in total. The first kappa shape index (κ1) is 18.1. The molecular formula is C19H28N2OS. The zero-order chi connectivity index (χ0) is 17.1. The van der Waals surface area contributed by atoms with Crippen LogP contribution in [-0.2, 0) is 4.79 Å². The molecule has 3 nitrogen and oxygen atoms in total. The molecule has 0 unspecified atom stereocenters. The minimum atomic E-state index is -0.0163. The number of rotatable bonds is 4. The van der Waals surface area contributed by atoms with Crippen LogP contribution in [0.2, 0.25) is 0 Å². The Bertz CT molecular complexity index is 560. The number of piperidine rings is 1. The molecule has 1 saturated heterocycles. The lowest BCUT2D eigenvalue weighted by Crippen LogP contribution is -2.62. The van der Waals surface area contributed by atoms with Gasteiger partial charge in [-0.15, -0.1) is 11.8 Å². The number of hydrogen-bond acceptors (Lipinski definition) is 3. The van der Waals surface area contributed by atoms with E-state index >= 15 is 0 Å². The summed E-state index contributed by atoms with van der Waals surface area (Å²) in [6.07, 6.45) is 7.45. The molecule has 0 aromatic heterocycles. The van der Waals surface area contributed by atoms with E-state index in [1.54, 1.807) is 17.8 Å². The summed E-state index contributed by atoms with van der Waals surface area (Å²) in [5.74, 6) is -0.0163. The fourth-order valence-electron chi connectivity index (χ4n) is 3.56. The third-order valence-electron chi connectivity index (χ3n) is 4.08. The summed E-state index contributed by atoms with van der Waals surface area (Å²) in [5, 5.41) is 6.79. The molecule has 0 bridgehead atoms. The van der Waals surface area contributed by atoms with Gasteiger partial charge in [-0.2, -0.15) is 0 Å². The Morgan fingerprint density at radius 3 is 2.26 bits per heavy atom. The van der Waals surface area contributed by atoms with Crippen LogP contribution in [0.3, 0.4) is 0 Å². The number of carbonyl (C=O) groups is 1. The van der Waals surface area contributed by atoms with Crippen LogP contribution < -0.4 is 10.6 Å². The van der Waals surface area contributed by atoms with Crippen molar-refractivity contribution in [3.05, 3.63) is 35.9 Å². The number of benzene rings is 1. The van der Waals surface area contributed by atoms with E-state index in [1.807, 2.05) is 18.2 Å². The molecule has 1 aliphatic heterocycles. The Morgan fingerprint density at radius 1 is 1.17 bits per heavy atom. The molecule has 1 amide bonds. The van der Waals surface area contributed by atoms with Crippen molar-refractivity contribution in [3.63, 3.8) is 0 Å². The SMILES string of the molecule is CSc1ccc(C=CC(=O)NC2CC(C)(C)NC(C)(C)C2)cc1. The Morgan fingerprint density at radius 2 is 1.74 bits per heavy atom. The Hall–Kier alpha value is -1.26. The Balaban J connectivity index is 1.94. The van der Waals surface area contributed by atoms with Crippen molar-refractivity contribution in [2.75, 3.05) is 6.26 Å². The summed E-state index contributed by atoms with van der Waals surface area (Å²) in [6, 6.07) is 8.41. The molecule has 126 valence electrons. The van der Waals surface area contributed by atoms with Gasteiger partial charge in [0.05, 0.1) is 0 Å². The molecule has 0 saturated carbocycles. The molecule has 0 atom stereocenters. The zero-order valence-electron chi connectivity index (χ0n) is 14.8. The van der Waals surface area contributed by atoms with Crippen LogP contribution in [0.4, 0.5) is 0 Å². The normalized spacial score (nSPS) is 20.6. The molecule has 1 fully saturated rings. The second kappa shape index (κ2) is 7.10. The van der Waals surface area contributed by atoms with Crippen molar-refractivity contribution < 1.29 is 4.79 Å². The average Bonchev–Trinajstić information content (AvgIpc) is 2.42. The van der Waals surface area contributed by atoms with Crippen molar-refractivity contribution in [1.82, 2.24) is 10.6 Å². The van der Waals surface area contributed by atoms with Crippen LogP contribution in [0.1, 0.15) is 46.1 Å². The van der Waals surface area contributed by atoms with E-state index in [0.717, 1.165) is 18.4 Å². The first-order valence-electron chi connectivity index (χ1n) is 8.11. The van der Waals surface area contributed by atoms with Gasteiger partial charge < -0.3 is 10.6 Å². The highest BCUT2D eigenvalue weighted by atomic mass is 32.2. The van der Waals surface area contributed by atoms with E-state index in [2.05, 4.69) is 56.7 Å². The predicted octanol–water partition coefficient (Wildman–Crippen LogP) is 3.85. The van der Waals surface area contributed by atoms with E-state index in [-0.39, 0.29) is 23.0 Å². The smallest absolute Gasteiger partial charge is 0.244 e. The number of hydrogen-bond donors (Lipinski definition) is 2. The predicted molar refractivity (Wildman–Crippen MR) is 99.7 cm³/mol. The van der Waals surface area contributed by atoms with E-state index in [0.29, 0.717) is 0 Å². The highest BCUT2D eigenvalue weighted by Crippen LogP contribution is 2.28. The average molecular weight is 333 g/mol. The first-order chi connectivity index (χ1) is 10.7. The van der Waals surface area contributed by atoms with Crippen LogP contribution in [0.25, 0.3) is 6.08 Å². The fraction of sp³-hybridized carbons (Fsp3) is 0.526. The number of carbonyl (C=O) groups excluding carboxylic acids is 1. The topological polar surface area (TPSA) is 41.1 Å². The van der Waals surface area contributed by atoms with Gasteiger partial charge in [-0.1, -0.05) is 12.1 Å². The van der Waals surface area contributed by atoms with Gasteiger partial charge in [-0.25, -0.2) is 0 Å². The molecule has 4 heteroatoms. The quantitative estimate of drug-likeness (QED) is 0.650. The van der Waals surface area contributed by atoms with Crippen LogP contribution in [0.15, 0.2) is 35.2 Å². The maximum Gasteiger partial charge on any atom is 0.244 e. The van der Waals surface area contributed by atoms with Crippen LogP contribution >= 0.6 is 11.8 Å². The largest absolute Gasteiger partial charge is 0.350 e. The van der Waals surface area contributed by atoms with Crippen molar-refractivity contribution in [2.45, 2.75) is 62.6 Å². The molecule has 1 aliphatic rings. The number of thioether (sulfide) groups is 1. The van der Waals surface area contributed by atoms with Gasteiger partial charge in [-0.05, 0) is 70.6 Å². The van der Waals surface area contributed by atoms with Gasteiger partial charge in [0.1, 0.15) is 0 Å². The monoisotopic (exact) mass is 332 g/mol. The molecule has 1 aromatic carbocycles. The maximum absolute atomic E-state index is 12.2. The molecule has 0 radical (unpaired) electrons. The number of amides is 1. The first-order valence-corrected chi connectivity index (χ1v) is 9.34. The fourth-order valence-corrected chi connectivity index (χ4v) is 3.97. The second-order valence-electron chi connectivity index (χ2n) is 7.61. The highest BCUT2D eigenvalue weighted by molar-refractivity contribution is 7.98. The summed E-state index contributed by atoms with van der Waals surface area (Å²) in [7, 11) is 0. The summed E-state index contributed by atoms with van der Waals surface area (Å²) < 4.78 is 0. The maximum atomic E-state index is 12.2. The van der Waals surface area contributed by atoms with E-state index in [9.17, 15) is 4.79 Å². The van der Waals surface area contributed by atoms with Crippen molar-refractivity contribution in [1.29, 1.82) is 0 Å². The zero-order valence-corrected chi connectivity index (χ0v) is 15.6.